The van der Waals surface area contributed by atoms with Crippen molar-refractivity contribution in [3.05, 3.63) is 17.6 Å². The summed E-state index contributed by atoms with van der Waals surface area (Å²) in [6.45, 7) is 3.66. The molecule has 3 N–H and O–H groups in total. The number of nitrogens with one attached hydrogen (secondary N) is 1. The highest BCUT2D eigenvalue weighted by molar-refractivity contribution is 7.88. The molecule has 1 aliphatic carbocycles. The van der Waals surface area contributed by atoms with E-state index in [0.717, 1.165) is 35.2 Å². The summed E-state index contributed by atoms with van der Waals surface area (Å²) in [5, 5.41) is 0. The number of sulfonamides is 1. The van der Waals surface area contributed by atoms with Gasteiger partial charge in [-0.1, -0.05) is 0 Å². The van der Waals surface area contributed by atoms with Gasteiger partial charge in [0.05, 0.1) is 25.0 Å². The topological polar surface area (TPSA) is 112 Å². The SMILES string of the molecule is Cc1cc2c(nc(CC3CC3)n2CCOCCNS(C)(=O)=O)c(N)n1. The molecule has 0 spiro atoms. The summed E-state index contributed by atoms with van der Waals surface area (Å²) in [5.74, 6) is 2.20. The van der Waals surface area contributed by atoms with Crippen LogP contribution < -0.4 is 10.5 Å². The average molecular weight is 367 g/mol. The van der Waals surface area contributed by atoms with Crippen LogP contribution in [0.5, 0.6) is 0 Å². The van der Waals surface area contributed by atoms with E-state index >= 15 is 0 Å². The molecule has 2 heterocycles. The molecule has 0 radical (unpaired) electrons. The highest BCUT2D eigenvalue weighted by Gasteiger charge is 2.25. The van der Waals surface area contributed by atoms with Crippen LogP contribution in [0.25, 0.3) is 11.0 Å². The Hall–Kier alpha value is -1.71. The minimum absolute atomic E-state index is 0.272. The second kappa shape index (κ2) is 7.27. The van der Waals surface area contributed by atoms with Crippen LogP contribution in [0.15, 0.2) is 6.07 Å². The van der Waals surface area contributed by atoms with Gasteiger partial charge in [0.1, 0.15) is 11.3 Å². The zero-order valence-corrected chi connectivity index (χ0v) is 15.5. The van der Waals surface area contributed by atoms with Crippen molar-refractivity contribution < 1.29 is 13.2 Å². The molecule has 0 amide bonds. The number of hydrogen-bond donors (Lipinski definition) is 2. The van der Waals surface area contributed by atoms with Crippen LogP contribution in [-0.2, 0) is 27.7 Å². The molecule has 0 aromatic carbocycles. The van der Waals surface area contributed by atoms with Crippen molar-refractivity contribution in [3.8, 4) is 0 Å². The lowest BCUT2D eigenvalue weighted by Crippen LogP contribution is -2.26. The number of hydrogen-bond acceptors (Lipinski definition) is 6. The predicted molar refractivity (Wildman–Crippen MR) is 96.8 cm³/mol. The minimum Gasteiger partial charge on any atom is -0.382 e. The van der Waals surface area contributed by atoms with Crippen LogP contribution in [0.4, 0.5) is 5.82 Å². The molecule has 2 aromatic heterocycles. The first-order chi connectivity index (χ1) is 11.8. The third kappa shape index (κ3) is 4.90. The largest absolute Gasteiger partial charge is 0.382 e. The molecule has 3 rings (SSSR count). The van der Waals surface area contributed by atoms with Gasteiger partial charge < -0.3 is 15.0 Å². The van der Waals surface area contributed by atoms with Gasteiger partial charge in [-0.25, -0.2) is 23.1 Å². The fraction of sp³-hybridized carbons (Fsp3) is 0.625. The Labute approximate surface area is 147 Å². The zero-order valence-electron chi connectivity index (χ0n) is 14.7. The Balaban J connectivity index is 1.68. The van der Waals surface area contributed by atoms with Gasteiger partial charge >= 0.3 is 0 Å². The Morgan fingerprint density at radius 1 is 1.36 bits per heavy atom. The highest BCUT2D eigenvalue weighted by atomic mass is 32.2. The molecule has 25 heavy (non-hydrogen) atoms. The Morgan fingerprint density at radius 3 is 2.80 bits per heavy atom. The Morgan fingerprint density at radius 2 is 2.12 bits per heavy atom. The number of aromatic nitrogens is 3. The average Bonchev–Trinajstić information content (AvgIpc) is 3.25. The Kier molecular flexibility index (Phi) is 5.26. The van der Waals surface area contributed by atoms with Crippen LogP contribution in [0.1, 0.15) is 24.4 Å². The van der Waals surface area contributed by atoms with Crippen molar-refractivity contribution in [1.29, 1.82) is 0 Å². The number of rotatable bonds is 9. The van der Waals surface area contributed by atoms with E-state index in [1.54, 1.807) is 0 Å². The van der Waals surface area contributed by atoms with Gasteiger partial charge in [0.25, 0.3) is 0 Å². The van der Waals surface area contributed by atoms with Gasteiger partial charge in [-0.15, -0.1) is 0 Å². The molecule has 0 atom stereocenters. The first-order valence-corrected chi connectivity index (χ1v) is 10.4. The summed E-state index contributed by atoms with van der Waals surface area (Å²) in [4.78, 5) is 9.01. The van der Waals surface area contributed by atoms with Gasteiger partial charge in [0.15, 0.2) is 5.82 Å². The fourth-order valence-corrected chi connectivity index (χ4v) is 3.32. The van der Waals surface area contributed by atoms with E-state index in [1.807, 2.05) is 13.0 Å². The summed E-state index contributed by atoms with van der Waals surface area (Å²) in [6.07, 6.45) is 4.59. The van der Waals surface area contributed by atoms with Crippen LogP contribution in [0.3, 0.4) is 0 Å². The van der Waals surface area contributed by atoms with E-state index in [9.17, 15) is 8.42 Å². The summed E-state index contributed by atoms with van der Waals surface area (Å²) in [7, 11) is -3.17. The van der Waals surface area contributed by atoms with E-state index < -0.39 is 10.0 Å². The lowest BCUT2D eigenvalue weighted by molar-refractivity contribution is 0.131. The maximum absolute atomic E-state index is 11.0. The Bertz CT molecular complexity index is 858. The minimum atomic E-state index is -3.17. The number of anilines is 1. The number of ether oxygens (including phenoxy) is 1. The number of nitrogens with zero attached hydrogens (tertiary/aromatic N) is 3. The summed E-state index contributed by atoms with van der Waals surface area (Å²) >= 11 is 0. The first kappa shape index (κ1) is 18.1. The standard InChI is InChI=1S/C16H25N5O3S/c1-11-9-13-15(16(17)19-11)20-14(10-12-3-4-12)21(13)6-8-24-7-5-18-25(2,22)23/h9,12,18H,3-8,10H2,1-2H3,(H2,17,19). The van der Waals surface area contributed by atoms with Gasteiger partial charge in [-0.05, 0) is 31.7 Å². The second-order valence-corrected chi connectivity index (χ2v) is 8.46. The van der Waals surface area contributed by atoms with Crippen molar-refractivity contribution in [2.45, 2.75) is 32.7 Å². The van der Waals surface area contributed by atoms with Crippen LogP contribution in [0.2, 0.25) is 0 Å². The number of nitrogens with two attached hydrogens (primary N) is 1. The number of pyridine rings is 1. The molecule has 9 heteroatoms. The predicted octanol–water partition coefficient (Wildman–Crippen LogP) is 0.840. The molecule has 1 aliphatic rings. The van der Waals surface area contributed by atoms with Crippen molar-refractivity contribution in [3.63, 3.8) is 0 Å². The third-order valence-corrected chi connectivity index (χ3v) is 4.94. The van der Waals surface area contributed by atoms with Crippen molar-refractivity contribution >= 4 is 26.9 Å². The molecule has 0 aliphatic heterocycles. The molecule has 1 fully saturated rings. The van der Waals surface area contributed by atoms with Crippen LogP contribution >= 0.6 is 0 Å². The second-order valence-electron chi connectivity index (χ2n) is 6.62. The van der Waals surface area contributed by atoms with E-state index in [2.05, 4.69) is 14.3 Å². The summed E-state index contributed by atoms with van der Waals surface area (Å²) in [5.41, 5.74) is 8.64. The normalized spacial score (nSPS) is 15.1. The molecule has 0 bridgehead atoms. The lowest BCUT2D eigenvalue weighted by atomic mass is 10.3. The third-order valence-electron chi connectivity index (χ3n) is 4.21. The van der Waals surface area contributed by atoms with E-state index in [0.29, 0.717) is 31.5 Å². The van der Waals surface area contributed by atoms with Gasteiger partial charge in [-0.2, -0.15) is 0 Å². The first-order valence-electron chi connectivity index (χ1n) is 8.48. The molecule has 8 nitrogen and oxygen atoms in total. The van der Waals surface area contributed by atoms with Gasteiger partial charge in [0, 0.05) is 25.2 Å². The number of aryl methyl sites for hydroxylation is 1. The maximum Gasteiger partial charge on any atom is 0.208 e. The van der Waals surface area contributed by atoms with Crippen LogP contribution in [0, 0.1) is 12.8 Å². The summed E-state index contributed by atoms with van der Waals surface area (Å²) < 4.78 is 32.2. The zero-order chi connectivity index (χ0) is 18.0. The number of imidazole rings is 1. The molecule has 0 saturated heterocycles. The van der Waals surface area contributed by atoms with E-state index in [1.165, 1.54) is 12.8 Å². The molecule has 2 aromatic rings. The van der Waals surface area contributed by atoms with Gasteiger partial charge in [0.2, 0.25) is 10.0 Å². The summed E-state index contributed by atoms with van der Waals surface area (Å²) in [6, 6.07) is 2.00. The quantitative estimate of drug-likeness (QED) is 0.635. The van der Waals surface area contributed by atoms with E-state index in [-0.39, 0.29) is 6.54 Å². The number of nitrogen functional groups attached to an aromatic ring is 1. The monoisotopic (exact) mass is 367 g/mol. The van der Waals surface area contributed by atoms with Crippen molar-refractivity contribution in [2.75, 3.05) is 31.7 Å². The van der Waals surface area contributed by atoms with Gasteiger partial charge in [-0.3, -0.25) is 0 Å². The molecule has 1 saturated carbocycles. The smallest absolute Gasteiger partial charge is 0.208 e. The lowest BCUT2D eigenvalue weighted by Gasteiger charge is -2.10. The number of fused-ring (bicyclic) bond motifs is 1. The molecule has 138 valence electrons. The fourth-order valence-electron chi connectivity index (χ4n) is 2.86. The highest BCUT2D eigenvalue weighted by Crippen LogP contribution is 2.33. The van der Waals surface area contributed by atoms with E-state index in [4.69, 9.17) is 15.5 Å². The van der Waals surface area contributed by atoms with Crippen molar-refractivity contribution in [1.82, 2.24) is 19.3 Å². The molecule has 0 unspecified atom stereocenters. The maximum atomic E-state index is 11.0. The van der Waals surface area contributed by atoms with Crippen molar-refractivity contribution in [2.24, 2.45) is 5.92 Å². The molecular formula is C16H25N5O3S. The molecular weight excluding hydrogens is 342 g/mol. The van der Waals surface area contributed by atoms with Crippen LogP contribution in [-0.4, -0.2) is 49.0 Å².